The fourth-order valence-electron chi connectivity index (χ4n) is 2.03. The number of hydrogen-bond donors (Lipinski definition) is 1. The van der Waals surface area contributed by atoms with Crippen LogP contribution < -0.4 is 5.32 Å². The van der Waals surface area contributed by atoms with E-state index in [4.69, 9.17) is 27.9 Å². The van der Waals surface area contributed by atoms with Crippen LogP contribution in [-0.2, 0) is 4.74 Å². The van der Waals surface area contributed by atoms with Crippen LogP contribution in [0.5, 0.6) is 0 Å². The van der Waals surface area contributed by atoms with Crippen LogP contribution in [-0.4, -0.2) is 30.5 Å². The maximum Gasteiger partial charge on any atom is 0.254 e. The Bertz CT molecular complexity index is 476. The summed E-state index contributed by atoms with van der Waals surface area (Å²) >= 11 is 11.7. The molecule has 6 heteroatoms. The highest BCUT2D eigenvalue weighted by Crippen LogP contribution is 2.24. The summed E-state index contributed by atoms with van der Waals surface area (Å²) in [6, 6.07) is 3.89. The molecule has 104 valence electrons. The number of ether oxygens (including phenoxy) is 1. The molecule has 1 fully saturated rings. The standard InChI is InChI=1S/C13H14Cl2FNO2/c14-8-13(3-5-19-6-4-13)17-12(18)10-7-9(15)1-2-11(10)16/h1-2,7H,3-6,8H2,(H,17,18). The molecule has 19 heavy (non-hydrogen) atoms. The average molecular weight is 306 g/mol. The van der Waals surface area contributed by atoms with E-state index < -0.39 is 17.3 Å². The summed E-state index contributed by atoms with van der Waals surface area (Å²) in [6.07, 6.45) is 1.23. The van der Waals surface area contributed by atoms with Crippen molar-refractivity contribution in [2.75, 3.05) is 19.1 Å². The molecule has 1 heterocycles. The second-order valence-electron chi connectivity index (χ2n) is 4.60. The lowest BCUT2D eigenvalue weighted by molar-refractivity contribution is 0.0432. The normalized spacial score (nSPS) is 18.1. The van der Waals surface area contributed by atoms with Crippen molar-refractivity contribution < 1.29 is 13.9 Å². The number of carbonyl (C=O) groups excluding carboxylic acids is 1. The Kier molecular flexibility index (Phi) is 4.66. The third-order valence-electron chi connectivity index (χ3n) is 3.26. The third-order valence-corrected chi connectivity index (χ3v) is 4.00. The Morgan fingerprint density at radius 3 is 2.74 bits per heavy atom. The van der Waals surface area contributed by atoms with E-state index in [1.54, 1.807) is 0 Å². The maximum atomic E-state index is 13.6. The van der Waals surface area contributed by atoms with Gasteiger partial charge in [0, 0.05) is 24.1 Å². The van der Waals surface area contributed by atoms with E-state index in [9.17, 15) is 9.18 Å². The summed E-state index contributed by atoms with van der Waals surface area (Å²) in [6.45, 7) is 1.07. The van der Waals surface area contributed by atoms with E-state index >= 15 is 0 Å². The molecule has 1 amide bonds. The molecule has 0 spiro atoms. The molecule has 0 bridgehead atoms. The zero-order chi connectivity index (χ0) is 13.9. The highest BCUT2D eigenvalue weighted by atomic mass is 35.5. The molecule has 0 aromatic heterocycles. The van der Waals surface area contributed by atoms with Crippen molar-refractivity contribution in [3.63, 3.8) is 0 Å². The second-order valence-corrected chi connectivity index (χ2v) is 5.31. The number of benzene rings is 1. The Balaban J connectivity index is 2.17. The van der Waals surface area contributed by atoms with E-state index in [0.29, 0.717) is 31.1 Å². The molecule has 3 nitrogen and oxygen atoms in total. The zero-order valence-electron chi connectivity index (χ0n) is 10.2. The Labute approximate surface area is 121 Å². The fourth-order valence-corrected chi connectivity index (χ4v) is 2.54. The Hall–Kier alpha value is -0.840. The van der Waals surface area contributed by atoms with E-state index in [2.05, 4.69) is 5.32 Å². The molecule has 0 radical (unpaired) electrons. The van der Waals surface area contributed by atoms with Crippen LogP contribution in [0, 0.1) is 5.82 Å². The van der Waals surface area contributed by atoms with E-state index in [0.717, 1.165) is 0 Å². The van der Waals surface area contributed by atoms with Crippen molar-refractivity contribution in [1.82, 2.24) is 5.32 Å². The lowest BCUT2D eigenvalue weighted by Gasteiger charge is -2.36. The minimum absolute atomic E-state index is 0.0662. The molecule has 0 atom stereocenters. The van der Waals surface area contributed by atoms with Gasteiger partial charge in [-0.05, 0) is 31.0 Å². The molecule has 1 aliphatic rings. The first-order valence-electron chi connectivity index (χ1n) is 5.98. The number of carbonyl (C=O) groups is 1. The smallest absolute Gasteiger partial charge is 0.254 e. The number of amides is 1. The third kappa shape index (κ3) is 3.38. The van der Waals surface area contributed by atoms with Crippen molar-refractivity contribution >= 4 is 29.1 Å². The van der Waals surface area contributed by atoms with Gasteiger partial charge in [0.15, 0.2) is 0 Å². The summed E-state index contributed by atoms with van der Waals surface area (Å²) in [7, 11) is 0. The van der Waals surface area contributed by atoms with E-state index in [1.807, 2.05) is 0 Å². The quantitative estimate of drug-likeness (QED) is 0.872. The van der Waals surface area contributed by atoms with Crippen LogP contribution in [0.15, 0.2) is 18.2 Å². The predicted molar refractivity (Wildman–Crippen MR) is 72.4 cm³/mol. The molecule has 2 rings (SSSR count). The van der Waals surface area contributed by atoms with E-state index in [-0.39, 0.29) is 11.4 Å². The summed E-state index contributed by atoms with van der Waals surface area (Å²) in [5.41, 5.74) is -0.602. The van der Waals surface area contributed by atoms with Gasteiger partial charge in [-0.1, -0.05) is 11.6 Å². The predicted octanol–water partition coefficient (Wildman–Crippen LogP) is 3.00. The molecule has 0 unspecified atom stereocenters. The van der Waals surface area contributed by atoms with Gasteiger partial charge in [0.05, 0.1) is 11.1 Å². The number of halogens is 3. The largest absolute Gasteiger partial charge is 0.381 e. The number of alkyl halides is 1. The Morgan fingerprint density at radius 2 is 2.11 bits per heavy atom. The first-order valence-corrected chi connectivity index (χ1v) is 6.89. The molecule has 1 N–H and O–H groups in total. The highest BCUT2D eigenvalue weighted by Gasteiger charge is 2.34. The summed E-state index contributed by atoms with van der Waals surface area (Å²) in [5.74, 6) is -0.828. The fraction of sp³-hybridized carbons (Fsp3) is 0.462. The van der Waals surface area contributed by atoms with Crippen LogP contribution in [0.25, 0.3) is 0 Å². The summed E-state index contributed by atoms with van der Waals surface area (Å²) in [5, 5.41) is 3.13. The minimum Gasteiger partial charge on any atom is -0.381 e. The first kappa shape index (κ1) is 14.6. The van der Waals surface area contributed by atoms with Crippen LogP contribution >= 0.6 is 23.2 Å². The van der Waals surface area contributed by atoms with Gasteiger partial charge >= 0.3 is 0 Å². The molecule has 0 aliphatic carbocycles. The monoisotopic (exact) mass is 305 g/mol. The van der Waals surface area contributed by atoms with Gasteiger partial charge in [-0.2, -0.15) is 0 Å². The lowest BCUT2D eigenvalue weighted by atomic mass is 9.92. The van der Waals surface area contributed by atoms with E-state index in [1.165, 1.54) is 18.2 Å². The molecule has 1 aromatic carbocycles. The first-order chi connectivity index (χ1) is 9.06. The SMILES string of the molecule is O=C(NC1(CCl)CCOCC1)c1cc(Cl)ccc1F. The van der Waals surface area contributed by atoms with Gasteiger partial charge < -0.3 is 10.1 Å². The van der Waals surface area contributed by atoms with Gasteiger partial charge in [0.25, 0.3) is 5.91 Å². The van der Waals surface area contributed by atoms with Gasteiger partial charge in [-0.25, -0.2) is 4.39 Å². The molecular formula is C13H14Cl2FNO2. The Morgan fingerprint density at radius 1 is 1.42 bits per heavy atom. The van der Waals surface area contributed by atoms with Crippen LogP contribution in [0.2, 0.25) is 5.02 Å². The maximum absolute atomic E-state index is 13.6. The van der Waals surface area contributed by atoms with Gasteiger partial charge in [-0.3, -0.25) is 4.79 Å². The van der Waals surface area contributed by atoms with Gasteiger partial charge in [0.1, 0.15) is 5.82 Å². The lowest BCUT2D eigenvalue weighted by Crippen LogP contribution is -2.53. The number of rotatable bonds is 3. The molecule has 1 aliphatic heterocycles. The van der Waals surface area contributed by atoms with Gasteiger partial charge in [0.2, 0.25) is 0 Å². The minimum atomic E-state index is -0.598. The average Bonchev–Trinajstić information content (AvgIpc) is 2.42. The van der Waals surface area contributed by atoms with Crippen molar-refractivity contribution in [1.29, 1.82) is 0 Å². The summed E-state index contributed by atoms with van der Waals surface area (Å²) < 4.78 is 18.9. The zero-order valence-corrected chi connectivity index (χ0v) is 11.7. The summed E-state index contributed by atoms with van der Waals surface area (Å²) in [4.78, 5) is 12.1. The molecule has 0 saturated carbocycles. The molecular weight excluding hydrogens is 292 g/mol. The van der Waals surface area contributed by atoms with Crippen LogP contribution in [0.1, 0.15) is 23.2 Å². The molecule has 1 saturated heterocycles. The number of nitrogens with one attached hydrogen (secondary N) is 1. The van der Waals surface area contributed by atoms with Crippen molar-refractivity contribution in [2.45, 2.75) is 18.4 Å². The van der Waals surface area contributed by atoms with Crippen molar-refractivity contribution in [3.05, 3.63) is 34.6 Å². The second kappa shape index (κ2) is 6.07. The van der Waals surface area contributed by atoms with Gasteiger partial charge in [-0.15, -0.1) is 11.6 Å². The van der Waals surface area contributed by atoms with Crippen molar-refractivity contribution in [3.8, 4) is 0 Å². The molecule has 1 aromatic rings. The topological polar surface area (TPSA) is 38.3 Å². The highest BCUT2D eigenvalue weighted by molar-refractivity contribution is 6.31. The van der Waals surface area contributed by atoms with Crippen LogP contribution in [0.3, 0.4) is 0 Å². The van der Waals surface area contributed by atoms with Crippen LogP contribution in [0.4, 0.5) is 4.39 Å². The van der Waals surface area contributed by atoms with Crippen molar-refractivity contribution in [2.24, 2.45) is 0 Å². The number of hydrogen-bond acceptors (Lipinski definition) is 2.